The first-order valence-electron chi connectivity index (χ1n) is 8.48. The van der Waals surface area contributed by atoms with Crippen molar-refractivity contribution >= 4 is 17.5 Å². The third kappa shape index (κ3) is 3.39. The van der Waals surface area contributed by atoms with E-state index in [0.717, 1.165) is 25.1 Å². The molecule has 0 aliphatic carbocycles. The summed E-state index contributed by atoms with van der Waals surface area (Å²) >= 11 is 0. The van der Waals surface area contributed by atoms with Crippen molar-refractivity contribution in [1.82, 2.24) is 4.90 Å². The van der Waals surface area contributed by atoms with Crippen LogP contribution in [-0.4, -0.2) is 48.6 Å². The lowest BCUT2D eigenvalue weighted by Crippen LogP contribution is -2.46. The SMILES string of the molecule is CCN(C(=O)C[C@@H]1CCCO1)[C@H]1CCN(c2ccccc2)C1=O. The van der Waals surface area contributed by atoms with Crippen LogP contribution in [0.4, 0.5) is 5.69 Å². The predicted octanol–water partition coefficient (Wildman–Crippen LogP) is 2.21. The van der Waals surface area contributed by atoms with Crippen molar-refractivity contribution in [2.75, 3.05) is 24.6 Å². The minimum atomic E-state index is -0.339. The van der Waals surface area contributed by atoms with Crippen LogP contribution in [0.2, 0.25) is 0 Å². The first-order chi connectivity index (χ1) is 11.2. The summed E-state index contributed by atoms with van der Waals surface area (Å²) in [5.41, 5.74) is 0.905. The van der Waals surface area contributed by atoms with Crippen LogP contribution >= 0.6 is 0 Å². The van der Waals surface area contributed by atoms with Crippen LogP contribution in [0.5, 0.6) is 0 Å². The van der Waals surface area contributed by atoms with Gasteiger partial charge in [0.15, 0.2) is 0 Å². The van der Waals surface area contributed by atoms with Crippen LogP contribution in [0.25, 0.3) is 0 Å². The second kappa shape index (κ2) is 7.13. The van der Waals surface area contributed by atoms with Crippen molar-refractivity contribution in [3.63, 3.8) is 0 Å². The number of hydrogen-bond donors (Lipinski definition) is 0. The highest BCUT2D eigenvalue weighted by atomic mass is 16.5. The van der Waals surface area contributed by atoms with Crippen molar-refractivity contribution in [2.45, 2.75) is 44.8 Å². The highest BCUT2D eigenvalue weighted by Gasteiger charge is 2.38. The maximum absolute atomic E-state index is 12.7. The second-order valence-corrected chi connectivity index (χ2v) is 6.15. The van der Waals surface area contributed by atoms with E-state index in [2.05, 4.69) is 0 Å². The number of amides is 2. The van der Waals surface area contributed by atoms with E-state index < -0.39 is 0 Å². The number of nitrogens with zero attached hydrogens (tertiary/aromatic N) is 2. The van der Waals surface area contributed by atoms with Gasteiger partial charge < -0.3 is 14.5 Å². The van der Waals surface area contributed by atoms with Gasteiger partial charge in [-0.1, -0.05) is 18.2 Å². The summed E-state index contributed by atoms with van der Waals surface area (Å²) in [4.78, 5) is 28.8. The zero-order valence-corrected chi connectivity index (χ0v) is 13.6. The molecule has 124 valence electrons. The Hall–Kier alpha value is -1.88. The van der Waals surface area contributed by atoms with Crippen molar-refractivity contribution in [3.8, 4) is 0 Å². The van der Waals surface area contributed by atoms with Crippen molar-refractivity contribution in [2.24, 2.45) is 0 Å². The van der Waals surface area contributed by atoms with Gasteiger partial charge in [0.1, 0.15) is 6.04 Å². The highest BCUT2D eigenvalue weighted by Crippen LogP contribution is 2.25. The molecular formula is C18H24N2O3. The average molecular weight is 316 g/mol. The van der Waals surface area contributed by atoms with E-state index in [-0.39, 0.29) is 24.0 Å². The molecule has 0 saturated carbocycles. The zero-order chi connectivity index (χ0) is 16.2. The highest BCUT2D eigenvalue weighted by molar-refractivity contribution is 6.01. The number of ether oxygens (including phenoxy) is 1. The van der Waals surface area contributed by atoms with Gasteiger partial charge in [0.05, 0.1) is 12.5 Å². The van der Waals surface area contributed by atoms with Crippen LogP contribution < -0.4 is 4.90 Å². The molecule has 2 atom stereocenters. The summed E-state index contributed by atoms with van der Waals surface area (Å²) in [6, 6.07) is 9.32. The summed E-state index contributed by atoms with van der Waals surface area (Å²) in [6.45, 7) is 3.90. The number of hydrogen-bond acceptors (Lipinski definition) is 3. The van der Waals surface area contributed by atoms with Gasteiger partial charge in [-0.3, -0.25) is 9.59 Å². The first-order valence-corrected chi connectivity index (χ1v) is 8.48. The topological polar surface area (TPSA) is 49.9 Å². The van der Waals surface area contributed by atoms with Crippen molar-refractivity contribution in [1.29, 1.82) is 0 Å². The molecular weight excluding hydrogens is 292 g/mol. The molecule has 2 fully saturated rings. The maximum Gasteiger partial charge on any atom is 0.249 e. The number of para-hydroxylation sites is 1. The van der Waals surface area contributed by atoms with Gasteiger partial charge in [-0.15, -0.1) is 0 Å². The molecule has 2 aliphatic heterocycles. The van der Waals surface area contributed by atoms with E-state index in [1.165, 1.54) is 0 Å². The molecule has 0 radical (unpaired) electrons. The van der Waals surface area contributed by atoms with Gasteiger partial charge in [0.25, 0.3) is 0 Å². The second-order valence-electron chi connectivity index (χ2n) is 6.15. The molecule has 2 heterocycles. The number of rotatable bonds is 5. The number of likely N-dealkylation sites (N-methyl/N-ethyl adjacent to an activating group) is 1. The Morgan fingerprint density at radius 2 is 2.09 bits per heavy atom. The van der Waals surface area contributed by atoms with Gasteiger partial charge in [-0.05, 0) is 38.3 Å². The van der Waals surface area contributed by atoms with Crippen molar-refractivity contribution in [3.05, 3.63) is 30.3 Å². The summed E-state index contributed by atoms with van der Waals surface area (Å²) in [5, 5.41) is 0. The van der Waals surface area contributed by atoms with E-state index in [1.54, 1.807) is 9.80 Å². The fourth-order valence-electron chi connectivity index (χ4n) is 3.51. The Labute approximate surface area is 137 Å². The van der Waals surface area contributed by atoms with Gasteiger partial charge in [-0.25, -0.2) is 0 Å². The fourth-order valence-corrected chi connectivity index (χ4v) is 3.51. The third-order valence-electron chi connectivity index (χ3n) is 4.71. The molecule has 3 rings (SSSR count). The molecule has 5 nitrogen and oxygen atoms in total. The Balaban J connectivity index is 1.67. The Morgan fingerprint density at radius 3 is 2.74 bits per heavy atom. The molecule has 0 bridgehead atoms. The minimum Gasteiger partial charge on any atom is -0.378 e. The van der Waals surface area contributed by atoms with E-state index in [9.17, 15) is 9.59 Å². The molecule has 0 aromatic heterocycles. The normalized spacial score (nSPS) is 24.2. The molecule has 1 aromatic rings. The lowest BCUT2D eigenvalue weighted by molar-refractivity contribution is -0.139. The van der Waals surface area contributed by atoms with E-state index in [4.69, 9.17) is 4.74 Å². The lowest BCUT2D eigenvalue weighted by Gasteiger charge is -2.28. The maximum atomic E-state index is 12.7. The first kappa shape index (κ1) is 16.0. The monoisotopic (exact) mass is 316 g/mol. The number of benzene rings is 1. The minimum absolute atomic E-state index is 0.0262. The number of anilines is 1. The molecule has 1 aromatic carbocycles. The number of carbonyl (C=O) groups is 2. The van der Waals surface area contributed by atoms with Crippen LogP contribution in [0.15, 0.2) is 30.3 Å². The van der Waals surface area contributed by atoms with Gasteiger partial charge in [0, 0.05) is 25.4 Å². The number of carbonyl (C=O) groups excluding carboxylic acids is 2. The Morgan fingerprint density at radius 1 is 1.30 bits per heavy atom. The summed E-state index contributed by atoms with van der Waals surface area (Å²) < 4.78 is 5.56. The van der Waals surface area contributed by atoms with Gasteiger partial charge >= 0.3 is 0 Å². The van der Waals surface area contributed by atoms with Crippen LogP contribution in [0.1, 0.15) is 32.6 Å². The van der Waals surface area contributed by atoms with E-state index >= 15 is 0 Å². The van der Waals surface area contributed by atoms with E-state index in [0.29, 0.717) is 25.9 Å². The summed E-state index contributed by atoms with van der Waals surface area (Å²) in [5.74, 6) is 0.0615. The molecule has 0 spiro atoms. The smallest absolute Gasteiger partial charge is 0.249 e. The van der Waals surface area contributed by atoms with Crippen LogP contribution in [-0.2, 0) is 14.3 Å². The predicted molar refractivity (Wildman–Crippen MR) is 88.2 cm³/mol. The standard InChI is InChI=1S/C18H24N2O3/c1-2-19(17(21)13-15-9-6-12-23-15)16-10-11-20(18(16)22)14-7-4-3-5-8-14/h3-5,7-8,15-16H,2,6,9-13H2,1H3/t15-,16-/m0/s1. The molecule has 2 aliphatic rings. The van der Waals surface area contributed by atoms with Gasteiger partial charge in [0.2, 0.25) is 11.8 Å². The Kier molecular flexibility index (Phi) is 4.96. The van der Waals surface area contributed by atoms with Crippen LogP contribution in [0.3, 0.4) is 0 Å². The summed E-state index contributed by atoms with van der Waals surface area (Å²) in [6.07, 6.45) is 3.08. The van der Waals surface area contributed by atoms with Crippen molar-refractivity contribution < 1.29 is 14.3 Å². The van der Waals surface area contributed by atoms with E-state index in [1.807, 2.05) is 37.3 Å². The molecule has 2 saturated heterocycles. The summed E-state index contributed by atoms with van der Waals surface area (Å²) in [7, 11) is 0. The largest absolute Gasteiger partial charge is 0.378 e. The fraction of sp³-hybridized carbons (Fsp3) is 0.556. The molecule has 5 heteroatoms. The average Bonchev–Trinajstić information content (AvgIpc) is 3.20. The molecule has 0 N–H and O–H groups in total. The zero-order valence-electron chi connectivity index (χ0n) is 13.6. The molecule has 2 amide bonds. The van der Waals surface area contributed by atoms with Crippen LogP contribution in [0, 0.1) is 0 Å². The Bertz CT molecular complexity index is 555. The lowest BCUT2D eigenvalue weighted by atomic mass is 10.1. The molecule has 0 unspecified atom stereocenters. The van der Waals surface area contributed by atoms with Gasteiger partial charge in [-0.2, -0.15) is 0 Å². The third-order valence-corrected chi connectivity index (χ3v) is 4.71. The molecule has 23 heavy (non-hydrogen) atoms. The quantitative estimate of drug-likeness (QED) is 0.837.